The SMILES string of the molecule is CC(=O)c1c[nH]c(C(=O)OCC(=O)N2CCCC2=O)c1. The largest absolute Gasteiger partial charge is 0.451 e. The molecule has 2 rings (SSSR count). The third kappa shape index (κ3) is 2.93. The number of Topliss-reactive ketones (excluding diaryl/α,β-unsaturated/α-hetero) is 1. The maximum Gasteiger partial charge on any atom is 0.355 e. The van der Waals surface area contributed by atoms with Gasteiger partial charge in [-0.05, 0) is 19.4 Å². The molecule has 0 unspecified atom stereocenters. The van der Waals surface area contributed by atoms with Crippen molar-refractivity contribution in [3.8, 4) is 0 Å². The molecule has 1 aromatic rings. The lowest BCUT2D eigenvalue weighted by molar-refractivity contribution is -0.143. The van der Waals surface area contributed by atoms with Crippen molar-refractivity contribution in [3.05, 3.63) is 23.5 Å². The molecule has 2 heterocycles. The van der Waals surface area contributed by atoms with E-state index in [0.717, 1.165) is 4.90 Å². The maximum atomic E-state index is 11.7. The lowest BCUT2D eigenvalue weighted by Gasteiger charge is -2.12. The summed E-state index contributed by atoms with van der Waals surface area (Å²) >= 11 is 0. The summed E-state index contributed by atoms with van der Waals surface area (Å²) in [6.45, 7) is 1.26. The Labute approximate surface area is 114 Å². The summed E-state index contributed by atoms with van der Waals surface area (Å²) in [4.78, 5) is 49.4. The highest BCUT2D eigenvalue weighted by Crippen LogP contribution is 2.10. The molecule has 0 aromatic carbocycles. The van der Waals surface area contributed by atoms with Gasteiger partial charge in [0.25, 0.3) is 5.91 Å². The van der Waals surface area contributed by atoms with Crippen LogP contribution in [0.5, 0.6) is 0 Å². The van der Waals surface area contributed by atoms with Crippen LogP contribution in [0.1, 0.15) is 40.6 Å². The van der Waals surface area contributed by atoms with Gasteiger partial charge < -0.3 is 9.72 Å². The van der Waals surface area contributed by atoms with Crippen LogP contribution in [0.4, 0.5) is 0 Å². The van der Waals surface area contributed by atoms with Crippen molar-refractivity contribution in [1.82, 2.24) is 9.88 Å². The fourth-order valence-corrected chi connectivity index (χ4v) is 1.91. The Bertz CT molecular complexity index is 575. The Morgan fingerprint density at radius 3 is 2.70 bits per heavy atom. The zero-order valence-corrected chi connectivity index (χ0v) is 11.0. The number of hydrogen-bond acceptors (Lipinski definition) is 5. The third-order valence-corrected chi connectivity index (χ3v) is 3.01. The number of aromatic nitrogens is 1. The van der Waals surface area contributed by atoms with Gasteiger partial charge >= 0.3 is 5.97 Å². The Kier molecular flexibility index (Phi) is 3.97. The van der Waals surface area contributed by atoms with E-state index in [1.807, 2.05) is 0 Å². The molecular weight excluding hydrogens is 264 g/mol. The minimum absolute atomic E-state index is 0.0933. The van der Waals surface area contributed by atoms with Crippen LogP contribution in [0.2, 0.25) is 0 Å². The van der Waals surface area contributed by atoms with Crippen molar-refractivity contribution < 1.29 is 23.9 Å². The van der Waals surface area contributed by atoms with Crippen LogP contribution in [-0.2, 0) is 14.3 Å². The summed E-state index contributed by atoms with van der Waals surface area (Å²) in [5.41, 5.74) is 0.453. The number of nitrogens with one attached hydrogen (secondary N) is 1. The molecule has 1 aliphatic rings. The molecule has 0 atom stereocenters. The van der Waals surface area contributed by atoms with Gasteiger partial charge in [-0.2, -0.15) is 0 Å². The number of hydrogen-bond donors (Lipinski definition) is 1. The molecule has 0 radical (unpaired) electrons. The molecule has 1 N–H and O–H groups in total. The number of rotatable bonds is 4. The predicted molar refractivity (Wildman–Crippen MR) is 67.0 cm³/mol. The van der Waals surface area contributed by atoms with E-state index < -0.39 is 18.5 Å². The first-order chi connectivity index (χ1) is 9.49. The summed E-state index contributed by atoms with van der Waals surface area (Å²) in [5, 5.41) is 0. The van der Waals surface area contributed by atoms with E-state index >= 15 is 0 Å². The number of esters is 1. The van der Waals surface area contributed by atoms with Gasteiger partial charge in [0, 0.05) is 24.7 Å². The first-order valence-electron chi connectivity index (χ1n) is 6.18. The molecule has 106 valence electrons. The molecule has 0 spiro atoms. The molecule has 20 heavy (non-hydrogen) atoms. The third-order valence-electron chi connectivity index (χ3n) is 3.01. The number of aromatic amines is 1. The van der Waals surface area contributed by atoms with Gasteiger partial charge in [0.2, 0.25) is 5.91 Å². The van der Waals surface area contributed by atoms with E-state index in [2.05, 4.69) is 4.98 Å². The number of carbonyl (C=O) groups is 4. The van der Waals surface area contributed by atoms with Crippen molar-refractivity contribution in [2.75, 3.05) is 13.2 Å². The second kappa shape index (κ2) is 5.68. The second-order valence-electron chi connectivity index (χ2n) is 4.48. The highest BCUT2D eigenvalue weighted by Gasteiger charge is 2.27. The lowest BCUT2D eigenvalue weighted by Crippen LogP contribution is -2.35. The zero-order chi connectivity index (χ0) is 14.7. The van der Waals surface area contributed by atoms with Crippen LogP contribution < -0.4 is 0 Å². The topological polar surface area (TPSA) is 96.5 Å². The van der Waals surface area contributed by atoms with E-state index in [0.29, 0.717) is 24.9 Å². The smallest absolute Gasteiger partial charge is 0.355 e. The number of amides is 2. The molecule has 1 aliphatic heterocycles. The van der Waals surface area contributed by atoms with E-state index in [1.54, 1.807) is 0 Å². The number of imide groups is 1. The van der Waals surface area contributed by atoms with Crippen molar-refractivity contribution in [2.24, 2.45) is 0 Å². The number of H-pyrrole nitrogens is 1. The minimum atomic E-state index is -0.738. The Balaban J connectivity index is 1.89. The number of nitrogens with zero attached hydrogens (tertiary/aromatic N) is 1. The average Bonchev–Trinajstić information content (AvgIpc) is 3.04. The van der Waals surface area contributed by atoms with E-state index in [1.165, 1.54) is 19.2 Å². The Morgan fingerprint density at radius 2 is 2.15 bits per heavy atom. The van der Waals surface area contributed by atoms with Crippen molar-refractivity contribution >= 4 is 23.6 Å². The molecule has 0 saturated carbocycles. The van der Waals surface area contributed by atoms with E-state index in [4.69, 9.17) is 4.74 Å². The van der Waals surface area contributed by atoms with Gasteiger partial charge in [0.1, 0.15) is 5.69 Å². The molecule has 2 amide bonds. The fraction of sp³-hybridized carbons (Fsp3) is 0.385. The molecule has 0 aliphatic carbocycles. The summed E-state index contributed by atoms with van der Waals surface area (Å²) in [5.74, 6) is -1.69. The van der Waals surface area contributed by atoms with Crippen molar-refractivity contribution in [1.29, 1.82) is 0 Å². The van der Waals surface area contributed by atoms with Crippen LogP contribution >= 0.6 is 0 Å². The van der Waals surface area contributed by atoms with Gasteiger partial charge in [-0.15, -0.1) is 0 Å². The van der Waals surface area contributed by atoms with Gasteiger partial charge in [-0.1, -0.05) is 0 Å². The number of ketones is 1. The Hall–Kier alpha value is -2.44. The summed E-state index contributed by atoms with van der Waals surface area (Å²) < 4.78 is 4.82. The fourth-order valence-electron chi connectivity index (χ4n) is 1.91. The van der Waals surface area contributed by atoms with Gasteiger partial charge in [-0.25, -0.2) is 4.79 Å². The molecule has 7 heteroatoms. The van der Waals surface area contributed by atoms with E-state index in [9.17, 15) is 19.2 Å². The summed E-state index contributed by atoms with van der Waals surface area (Å²) in [6.07, 6.45) is 2.38. The summed E-state index contributed by atoms with van der Waals surface area (Å²) in [6, 6.07) is 1.36. The van der Waals surface area contributed by atoms with Crippen LogP contribution in [0.25, 0.3) is 0 Å². The predicted octanol–water partition coefficient (Wildman–Crippen LogP) is 0.523. The standard InChI is InChI=1S/C13H14N2O5/c1-8(16)9-5-10(14-6-9)13(19)20-7-12(18)15-4-2-3-11(15)17/h5-6,14H,2-4,7H2,1H3. The lowest BCUT2D eigenvalue weighted by atomic mass is 10.2. The Morgan fingerprint density at radius 1 is 1.40 bits per heavy atom. The average molecular weight is 278 g/mol. The quantitative estimate of drug-likeness (QED) is 0.640. The molecule has 1 saturated heterocycles. The molecule has 0 bridgehead atoms. The number of ether oxygens (including phenoxy) is 1. The summed E-state index contributed by atoms with van der Waals surface area (Å²) in [7, 11) is 0. The molecular formula is C13H14N2O5. The minimum Gasteiger partial charge on any atom is -0.451 e. The van der Waals surface area contributed by atoms with Crippen LogP contribution in [0.15, 0.2) is 12.3 Å². The normalized spacial score (nSPS) is 14.4. The molecule has 7 nitrogen and oxygen atoms in total. The monoisotopic (exact) mass is 278 g/mol. The van der Waals surface area contributed by atoms with Gasteiger partial charge in [0.05, 0.1) is 0 Å². The second-order valence-corrected chi connectivity index (χ2v) is 4.48. The van der Waals surface area contributed by atoms with Gasteiger partial charge in [0.15, 0.2) is 12.4 Å². The number of likely N-dealkylation sites (tertiary alicyclic amines) is 1. The van der Waals surface area contributed by atoms with E-state index in [-0.39, 0.29) is 17.4 Å². The van der Waals surface area contributed by atoms with Crippen LogP contribution in [0, 0.1) is 0 Å². The zero-order valence-electron chi connectivity index (χ0n) is 11.0. The first-order valence-corrected chi connectivity index (χ1v) is 6.18. The highest BCUT2D eigenvalue weighted by molar-refractivity contribution is 5.99. The van der Waals surface area contributed by atoms with Crippen molar-refractivity contribution in [2.45, 2.75) is 19.8 Å². The maximum absolute atomic E-state index is 11.7. The molecule has 1 fully saturated rings. The first kappa shape index (κ1) is 14.0. The number of carbonyl (C=O) groups excluding carboxylic acids is 4. The van der Waals surface area contributed by atoms with Crippen LogP contribution in [0.3, 0.4) is 0 Å². The van der Waals surface area contributed by atoms with Crippen molar-refractivity contribution in [3.63, 3.8) is 0 Å². The highest BCUT2D eigenvalue weighted by atomic mass is 16.5. The molecule has 1 aromatic heterocycles. The van der Waals surface area contributed by atoms with Gasteiger partial charge in [-0.3, -0.25) is 19.3 Å². The van der Waals surface area contributed by atoms with Crippen LogP contribution in [-0.4, -0.2) is 46.6 Å².